The maximum absolute atomic E-state index is 11.4. The lowest BCUT2D eigenvalue weighted by molar-refractivity contribution is -0.120. The van der Waals surface area contributed by atoms with Gasteiger partial charge in [0.2, 0.25) is 5.91 Å². The van der Waals surface area contributed by atoms with Crippen molar-refractivity contribution in [3.63, 3.8) is 0 Å². The van der Waals surface area contributed by atoms with Crippen molar-refractivity contribution in [2.24, 2.45) is 0 Å². The maximum atomic E-state index is 11.4. The lowest BCUT2D eigenvalue weighted by atomic mass is 10.0. The van der Waals surface area contributed by atoms with Crippen LogP contribution in [-0.4, -0.2) is 19.5 Å². The van der Waals surface area contributed by atoms with Gasteiger partial charge in [0.25, 0.3) is 0 Å². The first-order valence-electron chi connectivity index (χ1n) is 5.26. The number of nitrogens with one attached hydrogen (secondary N) is 2. The van der Waals surface area contributed by atoms with Crippen LogP contribution in [-0.2, 0) is 4.79 Å². The van der Waals surface area contributed by atoms with Crippen LogP contribution in [0.4, 0.5) is 0 Å². The zero-order chi connectivity index (χ0) is 11.1. The van der Waals surface area contributed by atoms with E-state index >= 15 is 0 Å². The summed E-state index contributed by atoms with van der Waals surface area (Å²) >= 11 is 0. The minimum atomic E-state index is 0.0354. The SMILES string of the molecule is CCC(NC(=O)CNC)c1ccccc1. The van der Waals surface area contributed by atoms with Crippen molar-refractivity contribution in [2.45, 2.75) is 19.4 Å². The van der Waals surface area contributed by atoms with Crippen LogP contribution in [0.5, 0.6) is 0 Å². The molecule has 0 saturated heterocycles. The molecule has 0 fully saturated rings. The van der Waals surface area contributed by atoms with Crippen molar-refractivity contribution < 1.29 is 4.79 Å². The van der Waals surface area contributed by atoms with Gasteiger partial charge >= 0.3 is 0 Å². The first-order chi connectivity index (χ1) is 7.27. The Bertz CT molecular complexity index is 298. The van der Waals surface area contributed by atoms with Crippen LogP contribution in [0.2, 0.25) is 0 Å². The van der Waals surface area contributed by atoms with Crippen LogP contribution in [0.1, 0.15) is 24.9 Å². The first-order valence-corrected chi connectivity index (χ1v) is 5.26. The van der Waals surface area contributed by atoms with E-state index in [0.29, 0.717) is 6.54 Å². The molecule has 2 N–H and O–H groups in total. The number of carbonyl (C=O) groups is 1. The Balaban J connectivity index is 2.61. The van der Waals surface area contributed by atoms with E-state index in [0.717, 1.165) is 12.0 Å². The summed E-state index contributed by atoms with van der Waals surface area (Å²) in [6.07, 6.45) is 0.902. The highest BCUT2D eigenvalue weighted by atomic mass is 16.1. The normalized spacial score (nSPS) is 12.1. The highest BCUT2D eigenvalue weighted by Gasteiger charge is 2.10. The zero-order valence-electron chi connectivity index (χ0n) is 9.29. The van der Waals surface area contributed by atoms with Gasteiger partial charge in [0.15, 0.2) is 0 Å². The van der Waals surface area contributed by atoms with E-state index in [-0.39, 0.29) is 11.9 Å². The van der Waals surface area contributed by atoms with E-state index in [4.69, 9.17) is 0 Å². The van der Waals surface area contributed by atoms with Crippen molar-refractivity contribution >= 4 is 5.91 Å². The molecule has 0 aliphatic heterocycles. The van der Waals surface area contributed by atoms with Gasteiger partial charge in [-0.3, -0.25) is 4.79 Å². The number of hydrogen-bond acceptors (Lipinski definition) is 2. The molecule has 0 radical (unpaired) electrons. The Labute approximate surface area is 90.9 Å². The molecular weight excluding hydrogens is 188 g/mol. The second kappa shape index (κ2) is 6.19. The summed E-state index contributed by atoms with van der Waals surface area (Å²) in [5.74, 6) is 0.0354. The lowest BCUT2D eigenvalue weighted by Gasteiger charge is -2.17. The number of likely N-dealkylation sites (N-methyl/N-ethyl adjacent to an activating group) is 1. The van der Waals surface area contributed by atoms with Crippen molar-refractivity contribution in [1.29, 1.82) is 0 Å². The monoisotopic (exact) mass is 206 g/mol. The molecule has 0 aliphatic rings. The molecule has 1 rings (SSSR count). The Morgan fingerprint density at radius 2 is 2.00 bits per heavy atom. The molecule has 0 saturated carbocycles. The summed E-state index contributed by atoms with van der Waals surface area (Å²) in [5, 5.41) is 5.82. The maximum Gasteiger partial charge on any atom is 0.234 e. The van der Waals surface area contributed by atoms with Crippen LogP contribution in [0, 0.1) is 0 Å². The summed E-state index contributed by atoms with van der Waals surface area (Å²) in [5.41, 5.74) is 1.16. The van der Waals surface area contributed by atoms with E-state index in [1.807, 2.05) is 30.3 Å². The van der Waals surface area contributed by atoms with Gasteiger partial charge in [0.05, 0.1) is 12.6 Å². The highest BCUT2D eigenvalue weighted by molar-refractivity contribution is 5.78. The summed E-state index contributed by atoms with van der Waals surface area (Å²) in [6.45, 7) is 2.43. The lowest BCUT2D eigenvalue weighted by Crippen LogP contribution is -2.34. The molecule has 1 aromatic rings. The van der Waals surface area contributed by atoms with Crippen molar-refractivity contribution in [3.8, 4) is 0 Å². The van der Waals surface area contributed by atoms with Crippen LogP contribution in [0.3, 0.4) is 0 Å². The molecule has 0 aliphatic carbocycles. The van der Waals surface area contributed by atoms with Gasteiger partial charge in [0.1, 0.15) is 0 Å². The average Bonchev–Trinajstić information content (AvgIpc) is 2.27. The topological polar surface area (TPSA) is 41.1 Å². The van der Waals surface area contributed by atoms with Gasteiger partial charge in [-0.05, 0) is 19.0 Å². The largest absolute Gasteiger partial charge is 0.348 e. The minimum Gasteiger partial charge on any atom is -0.348 e. The Kier molecular flexibility index (Phi) is 4.84. The standard InChI is InChI=1S/C12H18N2O/c1-3-11(14-12(15)9-13-2)10-7-5-4-6-8-10/h4-8,11,13H,3,9H2,1-2H3,(H,14,15). The van der Waals surface area contributed by atoms with Crippen molar-refractivity contribution in [1.82, 2.24) is 10.6 Å². The first kappa shape index (κ1) is 11.7. The second-order valence-corrected chi connectivity index (χ2v) is 3.47. The molecule has 0 aromatic heterocycles. The predicted molar refractivity (Wildman–Crippen MR) is 61.5 cm³/mol. The molecule has 0 bridgehead atoms. The average molecular weight is 206 g/mol. The molecule has 3 nitrogen and oxygen atoms in total. The molecular formula is C12H18N2O. The minimum absolute atomic E-state index is 0.0354. The van der Waals surface area contributed by atoms with E-state index in [9.17, 15) is 4.79 Å². The fraction of sp³-hybridized carbons (Fsp3) is 0.417. The molecule has 15 heavy (non-hydrogen) atoms. The van der Waals surface area contributed by atoms with E-state index in [2.05, 4.69) is 17.6 Å². The van der Waals surface area contributed by atoms with Gasteiger partial charge < -0.3 is 10.6 Å². The van der Waals surface area contributed by atoms with Crippen LogP contribution < -0.4 is 10.6 Å². The van der Waals surface area contributed by atoms with Gasteiger partial charge in [-0.2, -0.15) is 0 Å². The molecule has 1 aromatic carbocycles. The number of carbonyl (C=O) groups excluding carboxylic acids is 1. The fourth-order valence-electron chi connectivity index (χ4n) is 1.51. The number of amides is 1. The number of hydrogen-bond donors (Lipinski definition) is 2. The molecule has 82 valence electrons. The molecule has 3 heteroatoms. The second-order valence-electron chi connectivity index (χ2n) is 3.47. The fourth-order valence-corrected chi connectivity index (χ4v) is 1.51. The van der Waals surface area contributed by atoms with Gasteiger partial charge in [0, 0.05) is 0 Å². The van der Waals surface area contributed by atoms with Gasteiger partial charge in [-0.1, -0.05) is 37.3 Å². The summed E-state index contributed by atoms with van der Waals surface area (Å²) < 4.78 is 0. The highest BCUT2D eigenvalue weighted by Crippen LogP contribution is 2.15. The van der Waals surface area contributed by atoms with Crippen LogP contribution in [0.25, 0.3) is 0 Å². The Hall–Kier alpha value is -1.35. The zero-order valence-corrected chi connectivity index (χ0v) is 9.29. The molecule has 1 unspecified atom stereocenters. The van der Waals surface area contributed by atoms with Crippen LogP contribution >= 0.6 is 0 Å². The number of rotatable bonds is 5. The molecule has 0 heterocycles. The van der Waals surface area contributed by atoms with E-state index < -0.39 is 0 Å². The Morgan fingerprint density at radius 3 is 2.53 bits per heavy atom. The van der Waals surface area contributed by atoms with Gasteiger partial charge in [-0.25, -0.2) is 0 Å². The van der Waals surface area contributed by atoms with Gasteiger partial charge in [-0.15, -0.1) is 0 Å². The summed E-state index contributed by atoms with van der Waals surface area (Å²) in [7, 11) is 1.77. The summed E-state index contributed by atoms with van der Waals surface area (Å²) in [6, 6.07) is 10.1. The van der Waals surface area contributed by atoms with Crippen molar-refractivity contribution in [3.05, 3.63) is 35.9 Å². The Morgan fingerprint density at radius 1 is 1.33 bits per heavy atom. The van der Waals surface area contributed by atoms with Crippen molar-refractivity contribution in [2.75, 3.05) is 13.6 Å². The molecule has 0 spiro atoms. The van der Waals surface area contributed by atoms with Crippen LogP contribution in [0.15, 0.2) is 30.3 Å². The third-order valence-corrected chi connectivity index (χ3v) is 2.28. The third kappa shape index (κ3) is 3.72. The smallest absolute Gasteiger partial charge is 0.234 e. The molecule has 1 amide bonds. The number of benzene rings is 1. The van der Waals surface area contributed by atoms with E-state index in [1.165, 1.54) is 0 Å². The quantitative estimate of drug-likeness (QED) is 0.766. The molecule has 1 atom stereocenters. The van der Waals surface area contributed by atoms with E-state index in [1.54, 1.807) is 7.05 Å². The third-order valence-electron chi connectivity index (χ3n) is 2.28. The predicted octanol–water partition coefficient (Wildman–Crippen LogP) is 1.47. The summed E-state index contributed by atoms with van der Waals surface area (Å²) in [4.78, 5) is 11.4.